The molecule has 0 nitrogen and oxygen atoms in total. The van der Waals surface area contributed by atoms with Gasteiger partial charge in [0.15, 0.2) is 0 Å². The minimum Gasteiger partial charge on any atom is -0.121 e. The van der Waals surface area contributed by atoms with Gasteiger partial charge in [0, 0.05) is 10.7 Å². The highest BCUT2D eigenvalue weighted by atomic mass is 32.2. The fourth-order valence-electron chi connectivity index (χ4n) is 1.38. The van der Waals surface area contributed by atoms with Gasteiger partial charge in [-0.05, 0) is 18.9 Å². The van der Waals surface area contributed by atoms with E-state index >= 15 is 0 Å². The molecule has 12 heavy (non-hydrogen) atoms. The van der Waals surface area contributed by atoms with Crippen LogP contribution in [0.3, 0.4) is 0 Å². The zero-order valence-electron chi connectivity index (χ0n) is 7.21. The fourth-order valence-corrected chi connectivity index (χ4v) is 2.33. The molecule has 62 valence electrons. The molecular formula is C11H12S. The second kappa shape index (κ2) is 3.36. The van der Waals surface area contributed by atoms with E-state index in [1.54, 1.807) is 0 Å². The van der Waals surface area contributed by atoms with Crippen molar-refractivity contribution in [2.24, 2.45) is 0 Å². The van der Waals surface area contributed by atoms with E-state index in [0.29, 0.717) is 0 Å². The van der Waals surface area contributed by atoms with E-state index in [9.17, 15) is 0 Å². The van der Waals surface area contributed by atoms with Crippen LogP contribution in [0.4, 0.5) is 0 Å². The average molecular weight is 176 g/mol. The van der Waals surface area contributed by atoms with Crippen molar-refractivity contribution in [1.29, 1.82) is 0 Å². The third-order valence-corrected chi connectivity index (χ3v) is 3.26. The maximum absolute atomic E-state index is 2.29. The van der Waals surface area contributed by atoms with Gasteiger partial charge >= 0.3 is 0 Å². The van der Waals surface area contributed by atoms with Crippen LogP contribution in [0.25, 0.3) is 0 Å². The summed E-state index contributed by atoms with van der Waals surface area (Å²) in [6, 6.07) is 0. The molecule has 0 bridgehead atoms. The van der Waals surface area contributed by atoms with Crippen molar-refractivity contribution in [1.82, 2.24) is 0 Å². The lowest BCUT2D eigenvalue weighted by molar-refractivity contribution is 1.37. The first-order valence-electron chi connectivity index (χ1n) is 4.23. The molecule has 2 rings (SSSR count). The molecule has 0 fully saturated rings. The van der Waals surface area contributed by atoms with Gasteiger partial charge < -0.3 is 0 Å². The summed E-state index contributed by atoms with van der Waals surface area (Å²) in [5.41, 5.74) is 2.86. The van der Waals surface area contributed by atoms with Crippen LogP contribution in [-0.4, -0.2) is 5.75 Å². The Bertz CT molecular complexity index is 303. The fraction of sp³-hybridized carbons (Fsp3) is 0.273. The summed E-state index contributed by atoms with van der Waals surface area (Å²) in [5.74, 6) is 1.15. The van der Waals surface area contributed by atoms with Crippen LogP contribution in [0.15, 0.2) is 46.4 Å². The van der Waals surface area contributed by atoms with E-state index in [0.717, 1.165) is 12.2 Å². The van der Waals surface area contributed by atoms with Crippen LogP contribution in [0.2, 0.25) is 0 Å². The minimum absolute atomic E-state index is 1.07. The van der Waals surface area contributed by atoms with Gasteiger partial charge in [-0.3, -0.25) is 0 Å². The summed E-state index contributed by atoms with van der Waals surface area (Å²) in [7, 11) is 0. The van der Waals surface area contributed by atoms with Gasteiger partial charge in [-0.2, -0.15) is 0 Å². The maximum atomic E-state index is 2.29. The molecule has 1 aliphatic heterocycles. The Kier molecular flexibility index (Phi) is 2.22. The van der Waals surface area contributed by atoms with Gasteiger partial charge in [0.1, 0.15) is 0 Å². The molecule has 0 amide bonds. The summed E-state index contributed by atoms with van der Waals surface area (Å²) >= 11 is 1.94. The Hall–Kier alpha value is -0.690. The number of hydrogen-bond donors (Lipinski definition) is 0. The molecule has 1 heteroatoms. The van der Waals surface area contributed by atoms with Crippen molar-refractivity contribution in [2.75, 3.05) is 5.75 Å². The predicted octanol–water partition coefficient (Wildman–Crippen LogP) is 3.45. The molecule has 0 radical (unpaired) electrons. The van der Waals surface area contributed by atoms with E-state index in [1.807, 2.05) is 11.8 Å². The lowest BCUT2D eigenvalue weighted by Gasteiger charge is -2.12. The lowest BCUT2D eigenvalue weighted by Crippen LogP contribution is -1.92. The second-order valence-corrected chi connectivity index (χ2v) is 4.16. The smallest absolute Gasteiger partial charge is 0.0191 e. The maximum Gasteiger partial charge on any atom is 0.0191 e. The molecule has 0 aromatic carbocycles. The highest BCUT2D eigenvalue weighted by Crippen LogP contribution is 2.31. The molecule has 0 saturated carbocycles. The normalized spacial score (nSPS) is 21.9. The first-order valence-corrected chi connectivity index (χ1v) is 5.22. The molecule has 0 saturated heterocycles. The monoisotopic (exact) mass is 176 g/mol. The van der Waals surface area contributed by atoms with Crippen LogP contribution in [0.1, 0.15) is 13.3 Å². The third kappa shape index (κ3) is 1.56. The number of rotatable bonds is 0. The quantitative estimate of drug-likeness (QED) is 0.544. The molecule has 1 aliphatic carbocycles. The summed E-state index contributed by atoms with van der Waals surface area (Å²) < 4.78 is 0. The standard InChI is InChI=1S/C11H12S/c1-9-7-10-5-3-2-4-6-11(10)12-8-9/h3-7H,2,8H2,1H3. The molecule has 0 atom stereocenters. The summed E-state index contributed by atoms with van der Waals surface area (Å²) in [6.45, 7) is 2.19. The Morgan fingerprint density at radius 3 is 3.00 bits per heavy atom. The van der Waals surface area contributed by atoms with Crippen LogP contribution >= 0.6 is 11.8 Å². The third-order valence-electron chi connectivity index (χ3n) is 1.98. The highest BCUT2D eigenvalue weighted by Gasteiger charge is 2.08. The molecule has 0 aromatic rings. The second-order valence-electron chi connectivity index (χ2n) is 3.14. The topological polar surface area (TPSA) is 0 Å². The van der Waals surface area contributed by atoms with Crippen molar-refractivity contribution < 1.29 is 0 Å². The van der Waals surface area contributed by atoms with Crippen molar-refractivity contribution in [2.45, 2.75) is 13.3 Å². The van der Waals surface area contributed by atoms with E-state index < -0.39 is 0 Å². The van der Waals surface area contributed by atoms with Crippen LogP contribution in [0.5, 0.6) is 0 Å². The molecular weight excluding hydrogens is 164 g/mol. The van der Waals surface area contributed by atoms with E-state index in [1.165, 1.54) is 16.1 Å². The van der Waals surface area contributed by atoms with Crippen LogP contribution < -0.4 is 0 Å². The minimum atomic E-state index is 1.07. The van der Waals surface area contributed by atoms with Gasteiger partial charge in [0.25, 0.3) is 0 Å². The Morgan fingerprint density at radius 2 is 2.08 bits per heavy atom. The highest BCUT2D eigenvalue weighted by molar-refractivity contribution is 8.03. The van der Waals surface area contributed by atoms with Gasteiger partial charge in [0.2, 0.25) is 0 Å². The van der Waals surface area contributed by atoms with Crippen LogP contribution in [-0.2, 0) is 0 Å². The Balaban J connectivity index is 2.40. The summed E-state index contributed by atoms with van der Waals surface area (Å²) in [5, 5.41) is 0. The Morgan fingerprint density at radius 1 is 1.25 bits per heavy atom. The lowest BCUT2D eigenvalue weighted by atomic mass is 10.1. The SMILES string of the molecule is CC1=CC2=C(C=CCC=C2)SC1. The molecule has 2 aliphatic rings. The van der Waals surface area contributed by atoms with Gasteiger partial charge in [-0.25, -0.2) is 0 Å². The van der Waals surface area contributed by atoms with Gasteiger partial charge in [-0.1, -0.05) is 36.0 Å². The Labute approximate surface area is 77.7 Å². The van der Waals surface area contributed by atoms with Crippen molar-refractivity contribution in [3.8, 4) is 0 Å². The van der Waals surface area contributed by atoms with Crippen molar-refractivity contribution in [3.63, 3.8) is 0 Å². The first kappa shape index (κ1) is 7.93. The molecule has 0 spiro atoms. The largest absolute Gasteiger partial charge is 0.121 e. The number of hydrogen-bond acceptors (Lipinski definition) is 1. The molecule has 0 N–H and O–H groups in total. The van der Waals surface area contributed by atoms with Crippen molar-refractivity contribution >= 4 is 11.8 Å². The molecule has 1 heterocycles. The van der Waals surface area contributed by atoms with E-state index in [-0.39, 0.29) is 0 Å². The van der Waals surface area contributed by atoms with Crippen LogP contribution in [0, 0.1) is 0 Å². The number of thioether (sulfide) groups is 1. The zero-order valence-corrected chi connectivity index (χ0v) is 8.03. The van der Waals surface area contributed by atoms with Gasteiger partial charge in [0.05, 0.1) is 0 Å². The van der Waals surface area contributed by atoms with Crippen molar-refractivity contribution in [3.05, 3.63) is 46.4 Å². The van der Waals surface area contributed by atoms with E-state index in [2.05, 4.69) is 37.3 Å². The molecule has 0 unspecified atom stereocenters. The van der Waals surface area contributed by atoms with Gasteiger partial charge in [-0.15, -0.1) is 11.8 Å². The number of allylic oxidation sites excluding steroid dienone is 6. The van der Waals surface area contributed by atoms with E-state index in [4.69, 9.17) is 0 Å². The zero-order chi connectivity index (χ0) is 8.39. The average Bonchev–Trinajstić information content (AvgIpc) is 2.28. The summed E-state index contributed by atoms with van der Waals surface area (Å²) in [6.07, 6.45) is 12.3. The summed E-state index contributed by atoms with van der Waals surface area (Å²) in [4.78, 5) is 1.43. The first-order chi connectivity index (χ1) is 5.86. The predicted molar refractivity (Wildman–Crippen MR) is 56.1 cm³/mol. The molecule has 0 aromatic heterocycles.